The summed E-state index contributed by atoms with van der Waals surface area (Å²) in [6.45, 7) is 0.600. The fourth-order valence-corrected chi connectivity index (χ4v) is 3.76. The van der Waals surface area contributed by atoms with E-state index < -0.39 is 10.0 Å². The molecule has 0 radical (unpaired) electrons. The number of para-hydroxylation sites is 2. The molecular formula is C15H17N3O4S. The van der Waals surface area contributed by atoms with E-state index in [1.54, 1.807) is 37.6 Å². The normalized spacial score (nSPS) is 15.3. The molecule has 0 amide bonds. The highest BCUT2D eigenvalue weighted by atomic mass is 32.2. The number of nitrogens with one attached hydrogen (secondary N) is 1. The number of methoxy groups -OCH3 is 1. The third-order valence-corrected chi connectivity index (χ3v) is 5.17. The molecule has 0 atom stereocenters. The van der Waals surface area contributed by atoms with Crippen molar-refractivity contribution in [3.05, 3.63) is 42.6 Å². The summed E-state index contributed by atoms with van der Waals surface area (Å²) in [7, 11) is -2.21. The Bertz CT molecular complexity index is 795. The Morgan fingerprint density at radius 3 is 2.83 bits per heavy atom. The van der Waals surface area contributed by atoms with Crippen LogP contribution in [0, 0.1) is 0 Å². The van der Waals surface area contributed by atoms with Crippen LogP contribution in [0.1, 0.15) is 0 Å². The lowest BCUT2D eigenvalue weighted by Gasteiger charge is -2.23. The Hall–Kier alpha value is -2.16. The molecule has 0 spiro atoms. The average Bonchev–Trinajstić information content (AvgIpc) is 2.64. The van der Waals surface area contributed by atoms with E-state index in [1.807, 2.05) is 6.07 Å². The van der Waals surface area contributed by atoms with Crippen LogP contribution in [0.15, 0.2) is 47.5 Å². The van der Waals surface area contributed by atoms with Crippen LogP contribution in [0.25, 0.3) is 0 Å². The van der Waals surface area contributed by atoms with Gasteiger partial charge < -0.3 is 14.8 Å². The molecule has 1 aromatic heterocycles. The summed E-state index contributed by atoms with van der Waals surface area (Å²) in [5, 5.41) is 3.08. The lowest BCUT2D eigenvalue weighted by molar-refractivity contribution is 0.0756. The smallest absolute Gasteiger partial charge is 0.270 e. The third-order valence-electron chi connectivity index (χ3n) is 3.40. The van der Waals surface area contributed by atoms with E-state index >= 15 is 0 Å². The van der Waals surface area contributed by atoms with Crippen LogP contribution in [-0.2, 0) is 19.5 Å². The molecule has 0 bridgehead atoms. The van der Waals surface area contributed by atoms with Gasteiger partial charge in [-0.25, -0.2) is 17.7 Å². The van der Waals surface area contributed by atoms with E-state index in [1.165, 1.54) is 10.4 Å². The summed E-state index contributed by atoms with van der Waals surface area (Å²) in [6.07, 6.45) is 1.55. The molecular weight excluding hydrogens is 318 g/mol. The summed E-state index contributed by atoms with van der Waals surface area (Å²) >= 11 is 0. The van der Waals surface area contributed by atoms with Crippen molar-refractivity contribution in [2.45, 2.75) is 4.90 Å². The van der Waals surface area contributed by atoms with Crippen LogP contribution in [0.2, 0.25) is 0 Å². The van der Waals surface area contributed by atoms with Crippen molar-refractivity contribution < 1.29 is 17.9 Å². The lowest BCUT2D eigenvalue weighted by atomic mass is 10.2. The SMILES string of the molecule is COCCOCN1c2ccccc2Nc2ncccc2S1(=O)=O. The molecule has 1 aliphatic heterocycles. The summed E-state index contributed by atoms with van der Waals surface area (Å²) in [5.41, 5.74) is 1.17. The van der Waals surface area contributed by atoms with Crippen molar-refractivity contribution in [2.75, 3.05) is 36.7 Å². The monoisotopic (exact) mass is 335 g/mol. The topological polar surface area (TPSA) is 80.8 Å². The first-order valence-corrected chi connectivity index (χ1v) is 8.49. The van der Waals surface area contributed by atoms with Crippen LogP contribution in [-0.4, -0.2) is 40.5 Å². The van der Waals surface area contributed by atoms with Crippen LogP contribution < -0.4 is 9.62 Å². The zero-order valence-electron chi connectivity index (χ0n) is 12.6. The van der Waals surface area contributed by atoms with E-state index in [4.69, 9.17) is 9.47 Å². The highest BCUT2D eigenvalue weighted by Crippen LogP contribution is 2.38. The number of rotatable bonds is 5. The number of hydrogen-bond donors (Lipinski definition) is 1. The first-order chi connectivity index (χ1) is 11.1. The molecule has 1 aliphatic rings. The van der Waals surface area contributed by atoms with Gasteiger partial charge >= 0.3 is 0 Å². The standard InChI is InChI=1S/C15H17N3O4S/c1-21-9-10-22-11-18-13-6-3-2-5-12(13)17-15-14(23(18,19)20)7-4-8-16-15/h2-8H,9-11H2,1H3,(H,16,17). The number of anilines is 3. The Kier molecular flexibility index (Phi) is 4.46. The third kappa shape index (κ3) is 3.00. The number of nitrogens with zero attached hydrogens (tertiary/aromatic N) is 2. The van der Waals surface area contributed by atoms with Gasteiger partial charge in [0.2, 0.25) is 0 Å². The lowest BCUT2D eigenvalue weighted by Crippen LogP contribution is -2.33. The average molecular weight is 335 g/mol. The molecule has 7 nitrogen and oxygen atoms in total. The van der Waals surface area contributed by atoms with Crippen molar-refractivity contribution in [1.29, 1.82) is 0 Å². The van der Waals surface area contributed by atoms with Gasteiger partial charge in [0, 0.05) is 13.3 Å². The van der Waals surface area contributed by atoms with E-state index in [2.05, 4.69) is 10.3 Å². The van der Waals surface area contributed by atoms with E-state index in [0.717, 1.165) is 0 Å². The van der Waals surface area contributed by atoms with Gasteiger partial charge in [0.1, 0.15) is 11.6 Å². The summed E-state index contributed by atoms with van der Waals surface area (Å²) in [6, 6.07) is 10.3. The molecule has 0 saturated heterocycles. The summed E-state index contributed by atoms with van der Waals surface area (Å²) in [5.74, 6) is 0.305. The number of hydrogen-bond acceptors (Lipinski definition) is 6. The number of sulfonamides is 1. The number of aromatic nitrogens is 1. The maximum atomic E-state index is 13.0. The molecule has 2 aromatic rings. The van der Waals surface area contributed by atoms with Crippen molar-refractivity contribution in [1.82, 2.24) is 4.98 Å². The number of pyridine rings is 1. The van der Waals surface area contributed by atoms with E-state index in [9.17, 15) is 8.42 Å². The molecule has 23 heavy (non-hydrogen) atoms. The highest BCUT2D eigenvalue weighted by molar-refractivity contribution is 7.93. The number of fused-ring (bicyclic) bond motifs is 2. The van der Waals surface area contributed by atoms with Crippen LogP contribution in [0.5, 0.6) is 0 Å². The summed E-state index contributed by atoms with van der Waals surface area (Å²) < 4.78 is 37.6. The maximum absolute atomic E-state index is 13.0. The minimum absolute atomic E-state index is 0.0985. The first kappa shape index (κ1) is 15.7. The molecule has 0 fully saturated rings. The van der Waals surface area contributed by atoms with Crippen molar-refractivity contribution >= 4 is 27.2 Å². The molecule has 3 rings (SSSR count). The fraction of sp³-hybridized carbons (Fsp3) is 0.267. The second kappa shape index (κ2) is 6.53. The van der Waals surface area contributed by atoms with Gasteiger partial charge in [0.05, 0.1) is 24.6 Å². The van der Waals surface area contributed by atoms with Gasteiger partial charge in [0.25, 0.3) is 10.0 Å². The van der Waals surface area contributed by atoms with E-state index in [0.29, 0.717) is 30.4 Å². The van der Waals surface area contributed by atoms with Gasteiger partial charge in [-0.3, -0.25) is 0 Å². The second-order valence-electron chi connectivity index (χ2n) is 4.88. The van der Waals surface area contributed by atoms with Gasteiger partial charge in [-0.2, -0.15) is 0 Å². The molecule has 122 valence electrons. The predicted octanol–water partition coefficient (Wildman–Crippen LogP) is 1.95. The zero-order valence-corrected chi connectivity index (χ0v) is 13.4. The first-order valence-electron chi connectivity index (χ1n) is 7.05. The Labute approximate surface area is 134 Å². The van der Waals surface area contributed by atoms with Crippen molar-refractivity contribution in [3.63, 3.8) is 0 Å². The van der Waals surface area contributed by atoms with Crippen LogP contribution in [0.3, 0.4) is 0 Å². The zero-order chi connectivity index (χ0) is 16.3. The number of ether oxygens (including phenoxy) is 2. The number of benzene rings is 1. The molecule has 0 unspecified atom stereocenters. The van der Waals surface area contributed by atoms with Gasteiger partial charge in [-0.15, -0.1) is 0 Å². The van der Waals surface area contributed by atoms with Gasteiger partial charge in [-0.05, 0) is 24.3 Å². The largest absolute Gasteiger partial charge is 0.382 e. The molecule has 2 heterocycles. The molecule has 0 saturated carbocycles. The molecule has 8 heteroatoms. The van der Waals surface area contributed by atoms with Gasteiger partial charge in [-0.1, -0.05) is 12.1 Å². The van der Waals surface area contributed by atoms with E-state index in [-0.39, 0.29) is 11.6 Å². The second-order valence-corrected chi connectivity index (χ2v) is 6.71. The Morgan fingerprint density at radius 2 is 2.00 bits per heavy atom. The Morgan fingerprint density at radius 1 is 1.17 bits per heavy atom. The quantitative estimate of drug-likeness (QED) is 0.841. The van der Waals surface area contributed by atoms with Crippen molar-refractivity contribution in [3.8, 4) is 0 Å². The van der Waals surface area contributed by atoms with Gasteiger partial charge in [0.15, 0.2) is 5.82 Å². The molecule has 1 N–H and O–H groups in total. The van der Waals surface area contributed by atoms with Crippen LogP contribution in [0.4, 0.5) is 17.2 Å². The van der Waals surface area contributed by atoms with Crippen molar-refractivity contribution in [2.24, 2.45) is 0 Å². The minimum atomic E-state index is -3.78. The predicted molar refractivity (Wildman–Crippen MR) is 86.3 cm³/mol. The fourth-order valence-electron chi connectivity index (χ4n) is 2.29. The molecule has 1 aromatic carbocycles. The highest BCUT2D eigenvalue weighted by Gasteiger charge is 2.32. The summed E-state index contributed by atoms with van der Waals surface area (Å²) in [4.78, 5) is 4.26. The van der Waals surface area contributed by atoms with Crippen LogP contribution >= 0.6 is 0 Å². The Balaban J connectivity index is 2.04. The minimum Gasteiger partial charge on any atom is -0.382 e. The maximum Gasteiger partial charge on any atom is 0.270 e. The molecule has 0 aliphatic carbocycles.